The summed E-state index contributed by atoms with van der Waals surface area (Å²) in [7, 11) is 0. The summed E-state index contributed by atoms with van der Waals surface area (Å²) >= 11 is 1.79. The Morgan fingerprint density at radius 1 is 1.00 bits per heavy atom. The van der Waals surface area contributed by atoms with Crippen molar-refractivity contribution in [1.29, 1.82) is 0 Å². The van der Waals surface area contributed by atoms with Gasteiger partial charge in [0, 0.05) is 16.9 Å². The highest BCUT2D eigenvalue weighted by atomic mass is 32.1. The summed E-state index contributed by atoms with van der Waals surface area (Å²) in [6.07, 6.45) is 1.12. The van der Waals surface area contributed by atoms with Gasteiger partial charge in [-0.2, -0.15) is 0 Å². The molecule has 2 N–H and O–H groups in total. The minimum absolute atomic E-state index is 0.558. The molecular weight excluding hydrogens is 240 g/mol. The van der Waals surface area contributed by atoms with Gasteiger partial charge in [-0.3, -0.25) is 0 Å². The predicted octanol–water partition coefficient (Wildman–Crippen LogP) is 2.61. The average Bonchev–Trinajstić information content (AvgIpc) is 2.75. The number of hydrogen-bond donors (Lipinski definition) is 2. The first-order valence-electron chi connectivity index (χ1n) is 4.66. The van der Waals surface area contributed by atoms with Crippen LogP contribution in [0.5, 0.6) is 0 Å². The molecule has 0 unspecified atom stereocenters. The maximum atomic E-state index is 9.55. The second-order valence-corrected chi connectivity index (χ2v) is 3.92. The van der Waals surface area contributed by atoms with E-state index in [4.69, 9.17) is 10.2 Å². The van der Waals surface area contributed by atoms with Crippen LogP contribution in [0.25, 0.3) is 10.1 Å². The van der Waals surface area contributed by atoms with E-state index in [2.05, 4.69) is 35.7 Å². The molecule has 0 atom stereocenters. The van der Waals surface area contributed by atoms with E-state index in [9.17, 15) is 9.59 Å². The molecule has 0 aliphatic rings. The number of benzene rings is 1. The zero-order valence-electron chi connectivity index (χ0n) is 8.74. The highest BCUT2D eigenvalue weighted by Crippen LogP contribution is 2.18. The van der Waals surface area contributed by atoms with E-state index in [1.165, 1.54) is 10.1 Å². The summed E-state index contributed by atoms with van der Waals surface area (Å²) in [6.45, 7) is 0. The SMILES string of the molecule is O=C(O)/C=C\C(=O)O.c1ccc2sccc2c1. The third-order valence-electron chi connectivity index (χ3n) is 1.73. The van der Waals surface area contributed by atoms with Crippen LogP contribution in [0.15, 0.2) is 47.9 Å². The molecule has 0 bridgehead atoms. The quantitative estimate of drug-likeness (QED) is 0.803. The molecular formula is C12H10O4S. The van der Waals surface area contributed by atoms with E-state index >= 15 is 0 Å². The van der Waals surface area contributed by atoms with Gasteiger partial charge < -0.3 is 10.2 Å². The standard InChI is InChI=1S/C8H6S.C4H4O4/c1-2-4-8-7(3-1)5-6-9-8;5-3(6)1-2-4(7)8/h1-6H;1-2H,(H,5,6)(H,7,8)/b;2-1-. The van der Waals surface area contributed by atoms with E-state index in [-0.39, 0.29) is 0 Å². The molecule has 0 fully saturated rings. The lowest BCUT2D eigenvalue weighted by molar-refractivity contribution is -0.134. The lowest BCUT2D eigenvalue weighted by Crippen LogP contribution is -1.91. The molecule has 0 aliphatic heterocycles. The molecule has 0 saturated carbocycles. The van der Waals surface area contributed by atoms with Crippen molar-refractivity contribution in [1.82, 2.24) is 0 Å². The van der Waals surface area contributed by atoms with E-state index in [0.29, 0.717) is 12.2 Å². The van der Waals surface area contributed by atoms with Gasteiger partial charge in [-0.15, -0.1) is 11.3 Å². The first-order valence-corrected chi connectivity index (χ1v) is 5.53. The Bertz CT molecular complexity index is 496. The zero-order chi connectivity index (χ0) is 12.7. The lowest BCUT2D eigenvalue weighted by Gasteiger charge is -1.82. The molecule has 1 aromatic carbocycles. The molecule has 0 radical (unpaired) electrons. The van der Waals surface area contributed by atoms with E-state index in [1.807, 2.05) is 0 Å². The summed E-state index contributed by atoms with van der Waals surface area (Å²) in [5.41, 5.74) is 0. The van der Waals surface area contributed by atoms with Crippen molar-refractivity contribution in [3.8, 4) is 0 Å². The molecule has 1 heterocycles. The molecule has 17 heavy (non-hydrogen) atoms. The summed E-state index contributed by atoms with van der Waals surface area (Å²) in [5.74, 6) is -2.51. The Hall–Kier alpha value is -2.14. The summed E-state index contributed by atoms with van der Waals surface area (Å²) in [4.78, 5) is 19.1. The van der Waals surface area contributed by atoms with Crippen LogP contribution in [-0.4, -0.2) is 22.2 Å². The molecule has 0 amide bonds. The summed E-state index contributed by atoms with van der Waals surface area (Å²) in [5, 5.41) is 19.1. The molecule has 0 saturated heterocycles. The number of hydrogen-bond acceptors (Lipinski definition) is 3. The van der Waals surface area contributed by atoms with Crippen molar-refractivity contribution in [3.63, 3.8) is 0 Å². The molecule has 0 aliphatic carbocycles. The fourth-order valence-electron chi connectivity index (χ4n) is 1.05. The maximum Gasteiger partial charge on any atom is 0.328 e. The van der Waals surface area contributed by atoms with Crippen molar-refractivity contribution in [2.45, 2.75) is 0 Å². The fourth-order valence-corrected chi connectivity index (χ4v) is 1.84. The number of rotatable bonds is 2. The van der Waals surface area contributed by atoms with Gasteiger partial charge in [0.25, 0.3) is 0 Å². The minimum atomic E-state index is -1.26. The fraction of sp³-hybridized carbons (Fsp3) is 0. The second kappa shape index (κ2) is 6.44. The number of aliphatic carboxylic acids is 2. The molecule has 0 spiro atoms. The van der Waals surface area contributed by atoms with Gasteiger partial charge in [0.2, 0.25) is 0 Å². The molecule has 4 nitrogen and oxygen atoms in total. The van der Waals surface area contributed by atoms with Crippen LogP contribution in [0.3, 0.4) is 0 Å². The third-order valence-corrected chi connectivity index (χ3v) is 2.63. The third kappa shape index (κ3) is 4.94. The van der Waals surface area contributed by atoms with Crippen molar-refractivity contribution in [2.75, 3.05) is 0 Å². The van der Waals surface area contributed by atoms with Crippen LogP contribution < -0.4 is 0 Å². The zero-order valence-corrected chi connectivity index (χ0v) is 9.55. The Morgan fingerprint density at radius 3 is 2.12 bits per heavy atom. The van der Waals surface area contributed by atoms with Crippen LogP contribution in [0.1, 0.15) is 0 Å². The van der Waals surface area contributed by atoms with Gasteiger partial charge in [-0.1, -0.05) is 18.2 Å². The Kier molecular flexibility index (Phi) is 4.90. The molecule has 1 aromatic heterocycles. The number of thiophene rings is 1. The van der Waals surface area contributed by atoms with Gasteiger partial charge in [0.05, 0.1) is 0 Å². The molecule has 88 valence electrons. The van der Waals surface area contributed by atoms with Crippen LogP contribution in [-0.2, 0) is 9.59 Å². The molecule has 2 rings (SSSR count). The lowest BCUT2D eigenvalue weighted by atomic mass is 10.3. The first kappa shape index (κ1) is 12.9. The maximum absolute atomic E-state index is 9.55. The van der Waals surface area contributed by atoms with E-state index in [0.717, 1.165) is 0 Å². The van der Waals surface area contributed by atoms with Crippen LogP contribution >= 0.6 is 11.3 Å². The smallest absolute Gasteiger partial charge is 0.328 e. The highest BCUT2D eigenvalue weighted by Gasteiger charge is 1.88. The van der Waals surface area contributed by atoms with Crippen LogP contribution in [0.2, 0.25) is 0 Å². The van der Waals surface area contributed by atoms with Crippen molar-refractivity contribution in [3.05, 3.63) is 47.9 Å². The Labute approximate surface area is 101 Å². The van der Waals surface area contributed by atoms with Gasteiger partial charge in [0.15, 0.2) is 0 Å². The predicted molar refractivity (Wildman–Crippen MR) is 66.2 cm³/mol. The molecule has 2 aromatic rings. The number of carbonyl (C=O) groups is 2. The average molecular weight is 250 g/mol. The van der Waals surface area contributed by atoms with Gasteiger partial charge in [-0.25, -0.2) is 9.59 Å². The van der Waals surface area contributed by atoms with E-state index < -0.39 is 11.9 Å². The Balaban J connectivity index is 0.000000172. The monoisotopic (exact) mass is 250 g/mol. The highest BCUT2D eigenvalue weighted by molar-refractivity contribution is 7.17. The van der Waals surface area contributed by atoms with Crippen molar-refractivity contribution < 1.29 is 19.8 Å². The van der Waals surface area contributed by atoms with Crippen LogP contribution in [0.4, 0.5) is 0 Å². The van der Waals surface area contributed by atoms with Crippen molar-refractivity contribution >= 4 is 33.4 Å². The second-order valence-electron chi connectivity index (χ2n) is 2.97. The number of carboxylic acid groups (broad SMARTS) is 2. The summed E-state index contributed by atoms with van der Waals surface area (Å²) < 4.78 is 1.37. The normalized spacial score (nSPS) is 9.88. The first-order chi connectivity index (χ1) is 8.09. The molecule has 5 heteroatoms. The topological polar surface area (TPSA) is 74.6 Å². The van der Waals surface area contributed by atoms with E-state index in [1.54, 1.807) is 11.3 Å². The van der Waals surface area contributed by atoms with Crippen molar-refractivity contribution in [2.24, 2.45) is 0 Å². The van der Waals surface area contributed by atoms with Gasteiger partial charge in [0.1, 0.15) is 0 Å². The van der Waals surface area contributed by atoms with Crippen LogP contribution in [0, 0.1) is 0 Å². The number of fused-ring (bicyclic) bond motifs is 1. The largest absolute Gasteiger partial charge is 0.478 e. The Morgan fingerprint density at radius 2 is 1.59 bits per heavy atom. The van der Waals surface area contributed by atoms with Gasteiger partial charge >= 0.3 is 11.9 Å². The minimum Gasteiger partial charge on any atom is -0.478 e. The summed E-state index contributed by atoms with van der Waals surface area (Å²) in [6, 6.07) is 10.5. The van der Waals surface area contributed by atoms with Gasteiger partial charge in [-0.05, 0) is 22.9 Å². The number of carboxylic acids is 2.